The van der Waals surface area contributed by atoms with Gasteiger partial charge in [0.25, 0.3) is 0 Å². The molecule has 0 aliphatic rings. The van der Waals surface area contributed by atoms with Gasteiger partial charge in [-0.05, 0) is 0 Å². The molecule has 7 nitrogen and oxygen atoms in total. The van der Waals surface area contributed by atoms with Crippen molar-refractivity contribution >= 4 is 36.5 Å². The van der Waals surface area contributed by atoms with Crippen LogP contribution in [-0.4, -0.2) is 49.5 Å². The topological polar surface area (TPSA) is 138 Å². The van der Waals surface area contributed by atoms with Crippen molar-refractivity contribution in [1.29, 1.82) is 0 Å². The Hall–Kier alpha value is 0.520. The molecule has 0 saturated heterocycles. The number of thiol groups is 1. The first kappa shape index (κ1) is 24.7. The van der Waals surface area contributed by atoms with Crippen molar-refractivity contribution in [1.82, 2.24) is 0 Å². The summed E-state index contributed by atoms with van der Waals surface area (Å²) in [6.07, 6.45) is 0. The average Bonchev–Trinajstić information content (AvgIpc) is 2.20. The maximum Gasteiger partial charge on any atom is 1.00 e. The molecule has 0 aliphatic heterocycles. The molecule has 0 aromatic carbocycles. The van der Waals surface area contributed by atoms with Gasteiger partial charge in [-0.1, -0.05) is 0 Å². The van der Waals surface area contributed by atoms with E-state index in [1.54, 1.807) is 0 Å². The predicted molar refractivity (Wildman–Crippen MR) is 54.4 cm³/mol. The van der Waals surface area contributed by atoms with Gasteiger partial charge in [-0.15, -0.1) is 0 Å². The first-order valence-electron chi connectivity index (χ1n) is 3.02. The van der Waals surface area contributed by atoms with Crippen LogP contribution >= 0.6 is 12.6 Å². The van der Waals surface area contributed by atoms with E-state index >= 15 is 0 Å². The third kappa shape index (κ3) is 31.4. The van der Waals surface area contributed by atoms with Crippen LogP contribution in [0.2, 0.25) is 0 Å². The summed E-state index contributed by atoms with van der Waals surface area (Å²) in [4.78, 5) is 17.8. The van der Waals surface area contributed by atoms with E-state index in [0.29, 0.717) is 0 Å². The van der Waals surface area contributed by atoms with Crippen molar-refractivity contribution in [2.75, 3.05) is 11.7 Å². The molecule has 0 aliphatic carbocycles. The fourth-order valence-electron chi connectivity index (χ4n) is 0.0781. The van der Waals surface area contributed by atoms with Crippen molar-refractivity contribution < 1.29 is 58.1 Å². The van der Waals surface area contributed by atoms with Crippen molar-refractivity contribution in [2.24, 2.45) is 5.73 Å². The van der Waals surface area contributed by atoms with Crippen molar-refractivity contribution in [2.45, 2.75) is 6.04 Å². The minimum atomic E-state index is -2.02. The Balaban J connectivity index is -0.0000000675. The third-order valence-electron chi connectivity index (χ3n) is 0.624. The molecule has 0 aromatic heterocycles. The number of carbonyl (C=O) groups excluding carboxylic acids is 1. The second kappa shape index (κ2) is 20.0. The van der Waals surface area contributed by atoms with E-state index in [1.807, 2.05) is 6.79 Å². The normalized spacial score (nSPS) is 11.5. The number of hydrogen-bond donors (Lipinski definition) is 5. The van der Waals surface area contributed by atoms with E-state index in [2.05, 4.69) is 12.6 Å². The Morgan fingerprint density at radius 2 is 1.80 bits per heavy atom. The molecule has 0 aromatic rings. The minimum Gasteiger partial charge on any atom is -0.480 e. The second-order valence-corrected chi connectivity index (χ2v) is 2.84. The van der Waals surface area contributed by atoms with Gasteiger partial charge in [0.05, 0.1) is 0 Å². The number of aliphatic hydroxyl groups excluding tert-OH is 1. The van der Waals surface area contributed by atoms with Crippen molar-refractivity contribution in [3.8, 4) is 0 Å². The van der Waals surface area contributed by atoms with Crippen molar-refractivity contribution in [3.63, 3.8) is 0 Å². The SMILES string of the molecule is C=O.NC(CS)C(=O)O.O=S(O)CO.[Na+]. The Morgan fingerprint density at radius 3 is 1.80 bits per heavy atom. The summed E-state index contributed by atoms with van der Waals surface area (Å²) >= 11 is 1.63. The number of hydrogen-bond acceptors (Lipinski definition) is 6. The molecule has 0 spiro atoms. The molecule has 0 amide bonds. The number of aliphatic carboxylic acids is 1. The zero-order valence-corrected chi connectivity index (χ0v) is 11.9. The van der Waals surface area contributed by atoms with Crippen LogP contribution < -0.4 is 35.3 Å². The summed E-state index contributed by atoms with van der Waals surface area (Å²) in [6.45, 7) is 2.00. The first-order valence-corrected chi connectivity index (χ1v) is 4.93. The molecule has 0 fully saturated rings. The molecular weight excluding hydrogens is 257 g/mol. The smallest absolute Gasteiger partial charge is 0.480 e. The Morgan fingerprint density at radius 1 is 1.53 bits per heavy atom. The van der Waals surface area contributed by atoms with Gasteiger partial charge in [-0.25, -0.2) is 4.21 Å². The maximum atomic E-state index is 9.76. The van der Waals surface area contributed by atoms with E-state index in [1.165, 1.54) is 0 Å². The van der Waals surface area contributed by atoms with Gasteiger partial charge >= 0.3 is 35.5 Å². The van der Waals surface area contributed by atoms with Gasteiger partial charge in [0.2, 0.25) is 0 Å². The second-order valence-electron chi connectivity index (χ2n) is 1.58. The Labute approximate surface area is 117 Å². The molecule has 10 heteroatoms. The molecule has 86 valence electrons. The molecule has 0 radical (unpaired) electrons. The van der Waals surface area contributed by atoms with Gasteiger partial charge in [-0.3, -0.25) is 4.79 Å². The minimum absolute atomic E-state index is 0. The summed E-state index contributed by atoms with van der Waals surface area (Å²) in [5, 5.41) is 15.6. The van der Waals surface area contributed by atoms with Gasteiger partial charge in [0.1, 0.15) is 18.8 Å². The zero-order chi connectivity index (χ0) is 12.1. The standard InChI is InChI=1S/C3H7NO2S.CH4O3S.CH2O.Na/c4-2(1-7)3(5)6;2-1-5(3)4;1-2;/h2,7H,1,4H2,(H,5,6);2H,1H2,(H,3,4);1H2;/q;;;+1. The quantitative estimate of drug-likeness (QED) is 0.197. The van der Waals surface area contributed by atoms with E-state index in [9.17, 15) is 9.00 Å². The fourth-order valence-corrected chi connectivity index (χ4v) is 0.234. The summed E-state index contributed by atoms with van der Waals surface area (Å²) in [6, 6.07) is -0.816. The number of nitrogens with two attached hydrogens (primary N) is 1. The number of carboxylic acid groups (broad SMARTS) is 1. The van der Waals surface area contributed by atoms with Gasteiger partial charge in [-0.2, -0.15) is 12.6 Å². The van der Waals surface area contributed by atoms with Gasteiger partial charge in [0, 0.05) is 5.75 Å². The molecule has 0 rings (SSSR count). The Kier molecular flexibility index (Phi) is 32.9. The molecule has 0 saturated carbocycles. The maximum absolute atomic E-state index is 9.76. The van der Waals surface area contributed by atoms with Crippen LogP contribution in [0.1, 0.15) is 0 Å². The van der Waals surface area contributed by atoms with E-state index < -0.39 is 29.0 Å². The average molecular weight is 270 g/mol. The Bertz CT molecular complexity index is 172. The molecule has 15 heavy (non-hydrogen) atoms. The van der Waals surface area contributed by atoms with E-state index in [-0.39, 0.29) is 35.3 Å². The van der Waals surface area contributed by atoms with E-state index in [0.717, 1.165) is 0 Å². The van der Waals surface area contributed by atoms with Crippen LogP contribution in [0.3, 0.4) is 0 Å². The summed E-state index contributed by atoms with van der Waals surface area (Å²) in [7, 11) is 0. The van der Waals surface area contributed by atoms with Crippen LogP contribution in [-0.2, 0) is 20.7 Å². The van der Waals surface area contributed by atoms with Crippen molar-refractivity contribution in [3.05, 3.63) is 0 Å². The van der Waals surface area contributed by atoms with Crippen LogP contribution in [0.4, 0.5) is 0 Å². The molecule has 0 heterocycles. The van der Waals surface area contributed by atoms with Gasteiger partial charge in [0.15, 0.2) is 11.1 Å². The number of aliphatic hydroxyl groups is 1. The van der Waals surface area contributed by atoms with E-state index in [4.69, 9.17) is 25.3 Å². The number of carbonyl (C=O) groups is 2. The summed E-state index contributed by atoms with van der Waals surface area (Å²) in [5.74, 6) is -1.48. The first-order chi connectivity index (χ1) is 6.45. The molecule has 5 N–H and O–H groups in total. The molecule has 2 unspecified atom stereocenters. The molecule has 0 bridgehead atoms. The molecular formula is C5H13NNaO6S2+. The largest absolute Gasteiger partial charge is 1.00 e. The zero-order valence-electron chi connectivity index (χ0n) is 8.20. The number of carboxylic acids is 1. The monoisotopic (exact) mass is 270 g/mol. The summed E-state index contributed by atoms with van der Waals surface area (Å²) < 4.78 is 16.8. The van der Waals surface area contributed by atoms with Crippen LogP contribution in [0, 0.1) is 0 Å². The number of rotatable bonds is 3. The fraction of sp³-hybridized carbons (Fsp3) is 0.600. The molecule has 2 atom stereocenters. The van der Waals surface area contributed by atoms with Crippen LogP contribution in [0.25, 0.3) is 0 Å². The van der Waals surface area contributed by atoms with Crippen LogP contribution in [0.15, 0.2) is 0 Å². The predicted octanol–water partition coefficient (Wildman–Crippen LogP) is -4.69. The van der Waals surface area contributed by atoms with Gasteiger partial charge < -0.3 is 25.3 Å². The third-order valence-corrected chi connectivity index (χ3v) is 1.24. The summed E-state index contributed by atoms with van der Waals surface area (Å²) in [5.41, 5.74) is 4.94. The van der Waals surface area contributed by atoms with Crippen LogP contribution in [0.5, 0.6) is 0 Å².